The maximum atomic E-state index is 3.61. The first kappa shape index (κ1) is 26.2. The second-order valence-corrected chi connectivity index (χ2v) is 13.7. The highest BCUT2D eigenvalue weighted by molar-refractivity contribution is 7.27. The van der Waals surface area contributed by atoms with Gasteiger partial charge in [-0.15, -0.1) is 11.3 Å². The van der Waals surface area contributed by atoms with Gasteiger partial charge >= 0.3 is 0 Å². The molecule has 1 nitrogen and oxygen atoms in total. The van der Waals surface area contributed by atoms with Gasteiger partial charge in [0.2, 0.25) is 0 Å². The van der Waals surface area contributed by atoms with E-state index < -0.39 is 0 Å². The molecule has 1 aromatic heterocycles. The summed E-state index contributed by atoms with van der Waals surface area (Å²) in [5, 5.41) is 8.90. The average molecular weight is 594 g/mol. The molecule has 7 aromatic carbocycles. The van der Waals surface area contributed by atoms with Crippen LogP contribution in [-0.4, -0.2) is 0 Å². The third-order valence-electron chi connectivity index (χ3n) is 9.68. The van der Waals surface area contributed by atoms with Gasteiger partial charge in [-0.1, -0.05) is 129 Å². The van der Waals surface area contributed by atoms with Gasteiger partial charge in [-0.3, -0.25) is 0 Å². The summed E-state index contributed by atoms with van der Waals surface area (Å²) >= 11 is 1.91. The predicted octanol–water partition coefficient (Wildman–Crippen LogP) is 12.6. The molecule has 0 fully saturated rings. The summed E-state index contributed by atoms with van der Waals surface area (Å²) in [6, 6.07) is 53.3. The molecule has 214 valence electrons. The fourth-order valence-electron chi connectivity index (χ4n) is 7.30. The van der Waals surface area contributed by atoms with Crippen LogP contribution >= 0.6 is 11.3 Å². The smallest absolute Gasteiger partial charge is 0.0434 e. The SMILES string of the molecule is CC1(C)c2ccccc2-c2cc(-c3ccc(Nc4ccc(-c5cccc6c5sc5c7ccccc7ccc65)cc4)cc3)ccc21. The van der Waals surface area contributed by atoms with Gasteiger partial charge in [0, 0.05) is 37.0 Å². The normalized spacial score (nSPS) is 13.3. The van der Waals surface area contributed by atoms with Gasteiger partial charge in [-0.2, -0.15) is 0 Å². The van der Waals surface area contributed by atoms with Crippen molar-refractivity contribution >= 4 is 53.7 Å². The first-order chi connectivity index (χ1) is 22.0. The largest absolute Gasteiger partial charge is 0.356 e. The standard InChI is InChI=1S/C43H31NS/c1-43(2)39-13-6-5-10-35(39)38-26-30(19-25-40(38)43)27-14-20-31(21-15-27)44-32-22-16-29(17-23-32)34-11-7-12-36-37-24-18-28-8-3-4-9-33(28)42(37)45-41(34)36/h3-26,44H,1-2H3. The molecular formula is C43H31NS. The third kappa shape index (κ3) is 4.13. The van der Waals surface area contributed by atoms with Crippen LogP contribution < -0.4 is 5.32 Å². The molecule has 0 atom stereocenters. The number of thiophene rings is 1. The quantitative estimate of drug-likeness (QED) is 0.214. The van der Waals surface area contributed by atoms with E-state index in [9.17, 15) is 0 Å². The average Bonchev–Trinajstić information content (AvgIpc) is 3.58. The molecule has 1 heterocycles. The molecule has 0 saturated heterocycles. The lowest BCUT2D eigenvalue weighted by Gasteiger charge is -2.21. The topological polar surface area (TPSA) is 12.0 Å². The Balaban J connectivity index is 0.985. The van der Waals surface area contributed by atoms with Gasteiger partial charge < -0.3 is 5.32 Å². The zero-order chi connectivity index (χ0) is 30.1. The predicted molar refractivity (Wildman–Crippen MR) is 195 cm³/mol. The van der Waals surface area contributed by atoms with E-state index in [2.05, 4.69) is 165 Å². The summed E-state index contributed by atoms with van der Waals surface area (Å²) in [4.78, 5) is 0. The first-order valence-electron chi connectivity index (χ1n) is 15.6. The Morgan fingerprint density at radius 2 is 1.07 bits per heavy atom. The molecule has 0 amide bonds. The van der Waals surface area contributed by atoms with Gasteiger partial charge in [-0.05, 0) is 85.6 Å². The zero-order valence-corrected chi connectivity index (χ0v) is 26.1. The van der Waals surface area contributed by atoms with Crippen LogP contribution in [0.5, 0.6) is 0 Å². The minimum atomic E-state index is 0.0348. The minimum absolute atomic E-state index is 0.0348. The Hall–Kier alpha value is -5.18. The Morgan fingerprint density at radius 1 is 0.444 bits per heavy atom. The molecule has 0 radical (unpaired) electrons. The van der Waals surface area contributed by atoms with E-state index in [4.69, 9.17) is 0 Å². The highest BCUT2D eigenvalue weighted by atomic mass is 32.1. The van der Waals surface area contributed by atoms with Crippen LogP contribution in [0.15, 0.2) is 146 Å². The molecule has 1 N–H and O–H groups in total. The van der Waals surface area contributed by atoms with Crippen LogP contribution in [0.1, 0.15) is 25.0 Å². The van der Waals surface area contributed by atoms with Gasteiger partial charge in [0.25, 0.3) is 0 Å². The summed E-state index contributed by atoms with van der Waals surface area (Å²) in [7, 11) is 0. The molecular weight excluding hydrogens is 563 g/mol. The van der Waals surface area contributed by atoms with Crippen LogP contribution in [0.25, 0.3) is 64.3 Å². The number of hydrogen-bond donors (Lipinski definition) is 1. The van der Waals surface area contributed by atoms with Crippen LogP contribution in [-0.2, 0) is 5.41 Å². The van der Waals surface area contributed by atoms with Crippen molar-refractivity contribution in [3.63, 3.8) is 0 Å². The van der Waals surface area contributed by atoms with Crippen molar-refractivity contribution in [2.45, 2.75) is 19.3 Å². The number of fused-ring (bicyclic) bond motifs is 8. The fraction of sp³-hybridized carbons (Fsp3) is 0.0698. The molecule has 1 aliphatic carbocycles. The molecule has 0 bridgehead atoms. The summed E-state index contributed by atoms with van der Waals surface area (Å²) in [6.07, 6.45) is 0. The summed E-state index contributed by atoms with van der Waals surface area (Å²) in [6.45, 7) is 4.66. The molecule has 0 spiro atoms. The second-order valence-electron chi connectivity index (χ2n) is 12.7. The Morgan fingerprint density at radius 3 is 1.89 bits per heavy atom. The highest BCUT2D eigenvalue weighted by Crippen LogP contribution is 2.49. The molecule has 0 aliphatic heterocycles. The number of benzene rings is 7. The van der Waals surface area contributed by atoms with Crippen LogP contribution in [0.3, 0.4) is 0 Å². The molecule has 0 unspecified atom stereocenters. The Labute approximate surface area is 267 Å². The summed E-state index contributed by atoms with van der Waals surface area (Å²) in [5.74, 6) is 0. The first-order valence-corrected chi connectivity index (χ1v) is 16.4. The molecule has 8 aromatic rings. The molecule has 0 saturated carbocycles. The van der Waals surface area contributed by atoms with Crippen molar-refractivity contribution in [3.05, 3.63) is 157 Å². The van der Waals surface area contributed by atoms with E-state index in [-0.39, 0.29) is 5.41 Å². The lowest BCUT2D eigenvalue weighted by atomic mass is 9.82. The minimum Gasteiger partial charge on any atom is -0.356 e. The van der Waals surface area contributed by atoms with E-state index >= 15 is 0 Å². The maximum Gasteiger partial charge on any atom is 0.0434 e. The zero-order valence-electron chi connectivity index (χ0n) is 25.3. The van der Waals surface area contributed by atoms with Crippen molar-refractivity contribution in [1.29, 1.82) is 0 Å². The van der Waals surface area contributed by atoms with E-state index in [1.54, 1.807) is 0 Å². The van der Waals surface area contributed by atoms with Gasteiger partial charge in [0.15, 0.2) is 0 Å². The maximum absolute atomic E-state index is 3.61. The van der Waals surface area contributed by atoms with Gasteiger partial charge in [0.05, 0.1) is 0 Å². The van der Waals surface area contributed by atoms with Crippen LogP contribution in [0, 0.1) is 0 Å². The van der Waals surface area contributed by atoms with E-state index in [1.165, 1.54) is 75.5 Å². The number of rotatable bonds is 4. The Bertz CT molecular complexity index is 2410. The van der Waals surface area contributed by atoms with Crippen molar-refractivity contribution in [1.82, 2.24) is 0 Å². The van der Waals surface area contributed by atoms with Crippen molar-refractivity contribution < 1.29 is 0 Å². The molecule has 9 rings (SSSR count). The highest BCUT2D eigenvalue weighted by Gasteiger charge is 2.35. The van der Waals surface area contributed by atoms with Gasteiger partial charge in [-0.25, -0.2) is 0 Å². The van der Waals surface area contributed by atoms with Crippen LogP contribution in [0.4, 0.5) is 11.4 Å². The van der Waals surface area contributed by atoms with Gasteiger partial charge in [0.1, 0.15) is 0 Å². The number of nitrogens with one attached hydrogen (secondary N) is 1. The van der Waals surface area contributed by atoms with Crippen molar-refractivity contribution in [3.8, 4) is 33.4 Å². The van der Waals surface area contributed by atoms with E-state index in [1.807, 2.05) is 11.3 Å². The van der Waals surface area contributed by atoms with Crippen LogP contribution in [0.2, 0.25) is 0 Å². The second kappa shape index (κ2) is 9.92. The van der Waals surface area contributed by atoms with E-state index in [0.29, 0.717) is 0 Å². The number of hydrogen-bond acceptors (Lipinski definition) is 2. The van der Waals surface area contributed by atoms with Crippen molar-refractivity contribution in [2.24, 2.45) is 0 Å². The molecule has 1 aliphatic rings. The third-order valence-corrected chi connectivity index (χ3v) is 11.0. The monoisotopic (exact) mass is 593 g/mol. The summed E-state index contributed by atoms with van der Waals surface area (Å²) < 4.78 is 2.71. The Kier molecular flexibility index (Phi) is 5.78. The fourth-order valence-corrected chi connectivity index (χ4v) is 8.67. The lowest BCUT2D eigenvalue weighted by Crippen LogP contribution is -2.14. The summed E-state index contributed by atoms with van der Waals surface area (Å²) in [5.41, 5.74) is 12.7. The van der Waals surface area contributed by atoms with E-state index in [0.717, 1.165) is 11.4 Å². The van der Waals surface area contributed by atoms with Crippen molar-refractivity contribution in [2.75, 3.05) is 5.32 Å². The molecule has 45 heavy (non-hydrogen) atoms. The molecule has 2 heteroatoms. The number of anilines is 2. The lowest BCUT2D eigenvalue weighted by molar-refractivity contribution is 0.660.